The molecule has 0 aromatic heterocycles. The minimum Gasteiger partial charge on any atom is -0.480 e. The van der Waals surface area contributed by atoms with Gasteiger partial charge in [-0.2, -0.15) is 0 Å². The lowest BCUT2D eigenvalue weighted by Gasteiger charge is -1.95. The molecule has 0 aliphatic carbocycles. The van der Waals surface area contributed by atoms with Crippen molar-refractivity contribution < 1.29 is 18.3 Å². The van der Waals surface area contributed by atoms with Gasteiger partial charge in [-0.1, -0.05) is 6.92 Å². The Morgan fingerprint density at radius 3 is 2.30 bits per heavy atom. The van der Waals surface area contributed by atoms with Crippen molar-refractivity contribution in [1.82, 2.24) is 0 Å². The maximum atomic E-state index is 10.7. The van der Waals surface area contributed by atoms with Gasteiger partial charge in [-0.05, 0) is 6.42 Å². The van der Waals surface area contributed by atoms with Gasteiger partial charge in [0.15, 0.2) is 9.84 Å². The summed E-state index contributed by atoms with van der Waals surface area (Å²) in [4.78, 5) is 9.91. The summed E-state index contributed by atoms with van der Waals surface area (Å²) in [6, 6.07) is 0. The molecule has 60 valence electrons. The van der Waals surface area contributed by atoms with E-state index in [0.29, 0.717) is 6.42 Å². The van der Waals surface area contributed by atoms with E-state index < -0.39 is 21.6 Å². The van der Waals surface area contributed by atoms with Crippen LogP contribution in [0.3, 0.4) is 0 Å². The van der Waals surface area contributed by atoms with Crippen molar-refractivity contribution in [2.75, 3.05) is 11.5 Å². The van der Waals surface area contributed by atoms with Gasteiger partial charge in [0.1, 0.15) is 5.75 Å². The number of rotatable bonds is 4. The van der Waals surface area contributed by atoms with Crippen molar-refractivity contribution >= 4 is 15.8 Å². The summed E-state index contributed by atoms with van der Waals surface area (Å²) < 4.78 is 21.3. The maximum absolute atomic E-state index is 10.7. The van der Waals surface area contributed by atoms with Crippen molar-refractivity contribution in [2.45, 2.75) is 13.3 Å². The van der Waals surface area contributed by atoms with Gasteiger partial charge in [-0.25, -0.2) is 8.42 Å². The molecule has 0 saturated heterocycles. The third kappa shape index (κ3) is 4.31. The highest BCUT2D eigenvalue weighted by Gasteiger charge is 2.13. The Hall–Kier alpha value is -0.580. The second-order valence-corrected chi connectivity index (χ2v) is 4.17. The van der Waals surface area contributed by atoms with Crippen molar-refractivity contribution in [3.63, 3.8) is 0 Å². The van der Waals surface area contributed by atoms with Crippen LogP contribution in [0.1, 0.15) is 13.3 Å². The molecule has 0 amide bonds. The zero-order chi connectivity index (χ0) is 8.20. The molecule has 0 bridgehead atoms. The summed E-state index contributed by atoms with van der Waals surface area (Å²) in [6.45, 7) is 1.69. The minimum atomic E-state index is -3.33. The Bertz CT molecular complexity index is 204. The predicted molar refractivity (Wildman–Crippen MR) is 36.6 cm³/mol. The highest BCUT2D eigenvalue weighted by atomic mass is 32.2. The van der Waals surface area contributed by atoms with Crippen molar-refractivity contribution in [3.8, 4) is 0 Å². The van der Waals surface area contributed by atoms with Crippen LogP contribution in [0.4, 0.5) is 0 Å². The van der Waals surface area contributed by atoms with Gasteiger partial charge in [0.05, 0.1) is 5.75 Å². The predicted octanol–water partition coefficient (Wildman–Crippen LogP) is -0.104. The summed E-state index contributed by atoms with van der Waals surface area (Å²) in [6.07, 6.45) is 0.468. The second kappa shape index (κ2) is 3.55. The normalized spacial score (nSPS) is 11.3. The van der Waals surface area contributed by atoms with Gasteiger partial charge in [0.25, 0.3) is 0 Å². The number of carboxylic acids is 1. The Morgan fingerprint density at radius 1 is 1.50 bits per heavy atom. The van der Waals surface area contributed by atoms with E-state index in [0.717, 1.165) is 0 Å². The topological polar surface area (TPSA) is 71.4 Å². The van der Waals surface area contributed by atoms with E-state index in [-0.39, 0.29) is 5.75 Å². The molecule has 0 spiro atoms. The lowest BCUT2D eigenvalue weighted by Crippen LogP contribution is -2.17. The number of hydrogen-bond acceptors (Lipinski definition) is 3. The second-order valence-electron chi connectivity index (χ2n) is 1.99. The fraction of sp³-hybridized carbons (Fsp3) is 0.800. The third-order valence-corrected chi connectivity index (χ3v) is 2.58. The van der Waals surface area contributed by atoms with Crippen LogP contribution in [0.15, 0.2) is 0 Å². The van der Waals surface area contributed by atoms with E-state index in [1.54, 1.807) is 6.92 Å². The Kier molecular flexibility index (Phi) is 3.35. The quantitative estimate of drug-likeness (QED) is 0.632. The van der Waals surface area contributed by atoms with Gasteiger partial charge < -0.3 is 5.11 Å². The fourth-order valence-electron chi connectivity index (χ4n) is 0.571. The van der Waals surface area contributed by atoms with Crippen LogP contribution in [0.5, 0.6) is 0 Å². The lowest BCUT2D eigenvalue weighted by molar-refractivity contribution is -0.134. The SMILES string of the molecule is CCCS(=O)(=O)CC(=O)O. The molecule has 4 nitrogen and oxygen atoms in total. The third-order valence-electron chi connectivity index (χ3n) is 0.859. The van der Waals surface area contributed by atoms with Gasteiger partial charge in [-0.15, -0.1) is 0 Å². The Balaban J connectivity index is 4.02. The van der Waals surface area contributed by atoms with E-state index in [2.05, 4.69) is 0 Å². The lowest BCUT2D eigenvalue weighted by atomic mass is 10.6. The smallest absolute Gasteiger partial charge is 0.318 e. The number of carboxylic acid groups (broad SMARTS) is 1. The van der Waals surface area contributed by atoms with Crippen LogP contribution in [0.2, 0.25) is 0 Å². The molecule has 0 rings (SSSR count). The van der Waals surface area contributed by atoms with Crippen molar-refractivity contribution in [3.05, 3.63) is 0 Å². The van der Waals surface area contributed by atoms with E-state index >= 15 is 0 Å². The van der Waals surface area contributed by atoms with Gasteiger partial charge in [-0.3, -0.25) is 4.79 Å². The first kappa shape index (κ1) is 9.42. The first-order chi connectivity index (χ1) is 4.48. The molecule has 0 atom stereocenters. The average molecular weight is 166 g/mol. The van der Waals surface area contributed by atoms with Crippen molar-refractivity contribution in [2.24, 2.45) is 0 Å². The molecule has 0 saturated carbocycles. The van der Waals surface area contributed by atoms with E-state index in [1.807, 2.05) is 0 Å². The van der Waals surface area contributed by atoms with E-state index in [1.165, 1.54) is 0 Å². The molecule has 0 unspecified atom stereocenters. The molecular formula is C5H10O4S. The number of aliphatic carboxylic acids is 1. The van der Waals surface area contributed by atoms with Crippen LogP contribution in [0.25, 0.3) is 0 Å². The summed E-state index contributed by atoms with van der Waals surface area (Å²) in [5.74, 6) is -2.08. The molecule has 1 N–H and O–H groups in total. The van der Waals surface area contributed by atoms with Gasteiger partial charge in [0, 0.05) is 0 Å². The van der Waals surface area contributed by atoms with Crippen LogP contribution < -0.4 is 0 Å². The summed E-state index contributed by atoms with van der Waals surface area (Å²) >= 11 is 0. The minimum absolute atomic E-state index is 0.0424. The van der Waals surface area contributed by atoms with Crippen LogP contribution >= 0.6 is 0 Å². The molecule has 0 radical (unpaired) electrons. The standard InChI is InChI=1S/C5H10O4S/c1-2-3-10(8,9)4-5(6)7/h2-4H2,1H3,(H,6,7). The van der Waals surface area contributed by atoms with E-state index in [4.69, 9.17) is 5.11 Å². The molecule has 0 aliphatic rings. The monoisotopic (exact) mass is 166 g/mol. The van der Waals surface area contributed by atoms with Crippen LogP contribution in [-0.2, 0) is 14.6 Å². The Labute approximate surface area is 59.8 Å². The molecule has 0 heterocycles. The Morgan fingerprint density at radius 2 is 2.00 bits per heavy atom. The number of hydrogen-bond donors (Lipinski definition) is 1. The molecule has 10 heavy (non-hydrogen) atoms. The summed E-state index contributed by atoms with van der Waals surface area (Å²) in [7, 11) is -3.33. The van der Waals surface area contributed by atoms with Gasteiger partial charge >= 0.3 is 5.97 Å². The molecule has 0 aliphatic heterocycles. The summed E-state index contributed by atoms with van der Waals surface area (Å²) in [5, 5.41) is 8.10. The first-order valence-corrected chi connectivity index (χ1v) is 4.72. The number of carbonyl (C=O) groups is 1. The van der Waals surface area contributed by atoms with Crippen LogP contribution in [-0.4, -0.2) is 31.0 Å². The highest BCUT2D eigenvalue weighted by Crippen LogP contribution is 1.92. The first-order valence-electron chi connectivity index (χ1n) is 2.90. The molecule has 0 fully saturated rings. The summed E-state index contributed by atoms with van der Waals surface area (Å²) in [5.41, 5.74) is 0. The fourth-order valence-corrected chi connectivity index (χ4v) is 1.71. The van der Waals surface area contributed by atoms with Crippen molar-refractivity contribution in [1.29, 1.82) is 0 Å². The zero-order valence-corrected chi connectivity index (χ0v) is 6.52. The van der Waals surface area contributed by atoms with Crippen LogP contribution in [0, 0.1) is 0 Å². The maximum Gasteiger partial charge on any atom is 0.318 e. The molecule has 0 aromatic rings. The van der Waals surface area contributed by atoms with Gasteiger partial charge in [0.2, 0.25) is 0 Å². The zero-order valence-electron chi connectivity index (χ0n) is 5.70. The largest absolute Gasteiger partial charge is 0.480 e. The van der Waals surface area contributed by atoms with E-state index in [9.17, 15) is 13.2 Å². The molecule has 0 aromatic carbocycles. The molecule has 5 heteroatoms. The highest BCUT2D eigenvalue weighted by molar-refractivity contribution is 7.92. The number of sulfone groups is 1. The average Bonchev–Trinajstić information content (AvgIpc) is 1.59. The molecular weight excluding hydrogens is 156 g/mol.